The molecule has 1 aromatic heterocycles. The maximum absolute atomic E-state index is 12.3. The highest BCUT2D eigenvalue weighted by Gasteiger charge is 2.10. The Kier molecular flexibility index (Phi) is 4.52. The zero-order valence-corrected chi connectivity index (χ0v) is 13.0. The van der Waals surface area contributed by atoms with Crippen LogP contribution in [0.3, 0.4) is 0 Å². The van der Waals surface area contributed by atoms with E-state index >= 15 is 0 Å². The summed E-state index contributed by atoms with van der Waals surface area (Å²) in [6, 6.07) is 17.8. The zero-order valence-electron chi connectivity index (χ0n) is 13.0. The summed E-state index contributed by atoms with van der Waals surface area (Å²) in [6.07, 6.45) is 5.37. The van der Waals surface area contributed by atoms with Gasteiger partial charge in [0.05, 0.1) is 6.33 Å². The van der Waals surface area contributed by atoms with Crippen molar-refractivity contribution in [3.8, 4) is 11.1 Å². The second kappa shape index (κ2) is 6.92. The molecule has 0 aliphatic carbocycles. The van der Waals surface area contributed by atoms with E-state index in [4.69, 9.17) is 0 Å². The summed E-state index contributed by atoms with van der Waals surface area (Å²) in [5.41, 5.74) is 2.92. The van der Waals surface area contributed by atoms with Gasteiger partial charge in [-0.2, -0.15) is 0 Å². The van der Waals surface area contributed by atoms with Crippen LogP contribution in [0.5, 0.6) is 0 Å². The number of nitrogens with one attached hydrogen (secondary N) is 1. The molecule has 3 aromatic rings. The van der Waals surface area contributed by atoms with Gasteiger partial charge in [-0.3, -0.25) is 4.79 Å². The van der Waals surface area contributed by atoms with Gasteiger partial charge in [0.2, 0.25) is 0 Å². The monoisotopic (exact) mass is 305 g/mol. The highest BCUT2D eigenvalue weighted by molar-refractivity contribution is 5.94. The molecule has 0 bridgehead atoms. The van der Waals surface area contributed by atoms with Crippen molar-refractivity contribution in [1.29, 1.82) is 0 Å². The van der Waals surface area contributed by atoms with Crippen LogP contribution >= 0.6 is 0 Å². The van der Waals surface area contributed by atoms with Crippen LogP contribution in [0, 0.1) is 0 Å². The highest BCUT2D eigenvalue weighted by atomic mass is 16.1. The molecule has 1 heterocycles. The van der Waals surface area contributed by atoms with Crippen LogP contribution < -0.4 is 5.32 Å². The molecule has 0 saturated heterocycles. The number of amides is 1. The summed E-state index contributed by atoms with van der Waals surface area (Å²) in [6.45, 7) is 2.68. The molecular weight excluding hydrogens is 286 g/mol. The number of imidazole rings is 1. The average molecular weight is 305 g/mol. The molecular formula is C19H19N3O. The smallest absolute Gasteiger partial charge is 0.251 e. The van der Waals surface area contributed by atoms with Crippen LogP contribution in [0.25, 0.3) is 11.1 Å². The maximum Gasteiger partial charge on any atom is 0.251 e. The van der Waals surface area contributed by atoms with Crippen molar-refractivity contribution in [1.82, 2.24) is 14.9 Å². The Hall–Kier alpha value is -2.88. The molecule has 0 unspecified atom stereocenters. The second-order valence-electron chi connectivity index (χ2n) is 5.58. The molecule has 1 atom stereocenters. The maximum atomic E-state index is 12.3. The largest absolute Gasteiger partial charge is 0.348 e. The standard InChI is InChI=1S/C19H19N3O/c1-15(13-22-12-11-20-14-22)21-19(23)18-9-7-17(8-10-18)16-5-3-2-4-6-16/h2-12,14-15H,13H2,1H3,(H,21,23)/t15-/m0/s1. The third-order valence-electron chi connectivity index (χ3n) is 3.68. The van der Waals surface area contributed by atoms with Gasteiger partial charge >= 0.3 is 0 Å². The first-order chi connectivity index (χ1) is 11.2. The Morgan fingerprint density at radius 3 is 2.43 bits per heavy atom. The first-order valence-electron chi connectivity index (χ1n) is 7.64. The fraction of sp³-hybridized carbons (Fsp3) is 0.158. The van der Waals surface area contributed by atoms with Crippen molar-refractivity contribution < 1.29 is 4.79 Å². The number of benzene rings is 2. The van der Waals surface area contributed by atoms with Crippen LogP contribution in [0.4, 0.5) is 0 Å². The summed E-state index contributed by atoms with van der Waals surface area (Å²) in [5, 5.41) is 3.01. The van der Waals surface area contributed by atoms with E-state index in [1.165, 1.54) is 0 Å². The molecule has 1 N–H and O–H groups in total. The SMILES string of the molecule is C[C@@H](Cn1ccnc1)NC(=O)c1ccc(-c2ccccc2)cc1. The molecule has 0 aliphatic rings. The van der Waals surface area contributed by atoms with Crippen molar-refractivity contribution in [2.75, 3.05) is 0 Å². The van der Waals surface area contributed by atoms with Gasteiger partial charge in [-0.1, -0.05) is 42.5 Å². The molecule has 0 spiro atoms. The Morgan fingerprint density at radius 2 is 1.78 bits per heavy atom. The van der Waals surface area contributed by atoms with E-state index in [1.807, 2.05) is 60.2 Å². The number of hydrogen-bond acceptors (Lipinski definition) is 2. The van der Waals surface area contributed by atoms with E-state index in [0.717, 1.165) is 11.1 Å². The lowest BCUT2D eigenvalue weighted by atomic mass is 10.0. The minimum atomic E-state index is -0.0581. The predicted molar refractivity (Wildman–Crippen MR) is 91.0 cm³/mol. The lowest BCUT2D eigenvalue weighted by Crippen LogP contribution is -2.35. The van der Waals surface area contributed by atoms with Crippen LogP contribution in [0.15, 0.2) is 73.3 Å². The average Bonchev–Trinajstić information content (AvgIpc) is 3.08. The van der Waals surface area contributed by atoms with Crippen LogP contribution in [0.2, 0.25) is 0 Å². The topological polar surface area (TPSA) is 46.9 Å². The Balaban J connectivity index is 1.63. The Bertz CT molecular complexity index is 749. The van der Waals surface area contributed by atoms with Crippen LogP contribution in [-0.2, 0) is 6.54 Å². The quantitative estimate of drug-likeness (QED) is 0.785. The third kappa shape index (κ3) is 3.86. The molecule has 2 aromatic carbocycles. The third-order valence-corrected chi connectivity index (χ3v) is 3.68. The van der Waals surface area contributed by atoms with Crippen LogP contribution in [0.1, 0.15) is 17.3 Å². The second-order valence-corrected chi connectivity index (χ2v) is 5.58. The van der Waals surface area contributed by atoms with E-state index in [9.17, 15) is 4.79 Å². The number of carbonyl (C=O) groups excluding carboxylic acids is 1. The molecule has 116 valence electrons. The summed E-state index contributed by atoms with van der Waals surface area (Å²) in [5.74, 6) is -0.0581. The predicted octanol–water partition coefficient (Wildman–Crippen LogP) is 3.37. The van der Waals surface area contributed by atoms with Crippen molar-refractivity contribution >= 4 is 5.91 Å². The van der Waals surface area contributed by atoms with Crippen molar-refractivity contribution in [2.45, 2.75) is 19.5 Å². The number of aromatic nitrogens is 2. The molecule has 0 saturated carbocycles. The van der Waals surface area contributed by atoms with Gasteiger partial charge in [0.25, 0.3) is 5.91 Å². The van der Waals surface area contributed by atoms with Crippen molar-refractivity contribution in [3.63, 3.8) is 0 Å². The molecule has 0 fully saturated rings. The number of rotatable bonds is 5. The summed E-state index contributed by atoms with van der Waals surface area (Å²) >= 11 is 0. The number of nitrogens with zero attached hydrogens (tertiary/aromatic N) is 2. The van der Waals surface area contributed by atoms with Gasteiger partial charge in [-0.15, -0.1) is 0 Å². The van der Waals surface area contributed by atoms with Gasteiger partial charge in [0.15, 0.2) is 0 Å². The van der Waals surface area contributed by atoms with E-state index in [0.29, 0.717) is 12.1 Å². The van der Waals surface area contributed by atoms with E-state index in [-0.39, 0.29) is 11.9 Å². The van der Waals surface area contributed by atoms with Crippen molar-refractivity contribution in [2.24, 2.45) is 0 Å². The number of hydrogen-bond donors (Lipinski definition) is 1. The molecule has 0 radical (unpaired) electrons. The first-order valence-corrected chi connectivity index (χ1v) is 7.64. The van der Waals surface area contributed by atoms with E-state index in [1.54, 1.807) is 12.5 Å². The zero-order chi connectivity index (χ0) is 16.1. The van der Waals surface area contributed by atoms with Gasteiger partial charge in [0, 0.05) is 30.5 Å². The summed E-state index contributed by atoms with van der Waals surface area (Å²) in [4.78, 5) is 16.3. The van der Waals surface area contributed by atoms with Crippen molar-refractivity contribution in [3.05, 3.63) is 78.9 Å². The molecule has 1 amide bonds. The lowest BCUT2D eigenvalue weighted by Gasteiger charge is -2.14. The molecule has 4 heteroatoms. The van der Waals surface area contributed by atoms with Gasteiger partial charge in [0.1, 0.15) is 0 Å². The Morgan fingerprint density at radius 1 is 1.09 bits per heavy atom. The summed E-state index contributed by atoms with van der Waals surface area (Å²) in [7, 11) is 0. The lowest BCUT2D eigenvalue weighted by molar-refractivity contribution is 0.0936. The number of carbonyl (C=O) groups is 1. The van der Waals surface area contributed by atoms with Gasteiger partial charge in [-0.05, 0) is 30.2 Å². The fourth-order valence-corrected chi connectivity index (χ4v) is 2.51. The molecule has 3 rings (SSSR count). The summed E-state index contributed by atoms with van der Waals surface area (Å²) < 4.78 is 1.95. The van der Waals surface area contributed by atoms with E-state index in [2.05, 4.69) is 22.4 Å². The Labute approximate surface area is 135 Å². The normalized spacial score (nSPS) is 11.9. The minimum absolute atomic E-state index is 0.0329. The highest BCUT2D eigenvalue weighted by Crippen LogP contribution is 2.19. The molecule has 23 heavy (non-hydrogen) atoms. The van der Waals surface area contributed by atoms with E-state index < -0.39 is 0 Å². The fourth-order valence-electron chi connectivity index (χ4n) is 2.51. The first kappa shape index (κ1) is 15.0. The molecule has 0 aliphatic heterocycles. The van der Waals surface area contributed by atoms with Gasteiger partial charge < -0.3 is 9.88 Å². The van der Waals surface area contributed by atoms with Crippen LogP contribution in [-0.4, -0.2) is 21.5 Å². The minimum Gasteiger partial charge on any atom is -0.348 e. The van der Waals surface area contributed by atoms with Gasteiger partial charge in [-0.25, -0.2) is 4.98 Å². The molecule has 4 nitrogen and oxygen atoms in total.